The summed E-state index contributed by atoms with van der Waals surface area (Å²) < 4.78 is 13.2. The second-order valence-electron chi connectivity index (χ2n) is 6.65. The topological polar surface area (TPSA) is 65.4 Å². The largest absolute Gasteiger partial charge is 0.497 e. The molecule has 0 saturated heterocycles. The summed E-state index contributed by atoms with van der Waals surface area (Å²) in [7, 11) is 1.67. The molecule has 0 radical (unpaired) electrons. The molecule has 0 unspecified atom stereocenters. The van der Waals surface area contributed by atoms with Crippen molar-refractivity contribution in [3.8, 4) is 22.8 Å². The van der Waals surface area contributed by atoms with E-state index in [1.165, 1.54) is 6.92 Å². The lowest BCUT2D eigenvalue weighted by atomic mass is 10.1. The SMILES string of the molecule is COc1ccc(-c2cc3n(n2)Cc2ccc(NC(C)=O)cc2OC3)c(C)c1. The third-order valence-corrected chi connectivity index (χ3v) is 4.66. The molecule has 138 valence electrons. The molecule has 0 fully saturated rings. The van der Waals surface area contributed by atoms with Gasteiger partial charge in [0.05, 0.1) is 25.0 Å². The maximum absolute atomic E-state index is 11.3. The Balaban J connectivity index is 1.64. The normalized spacial score (nSPS) is 12.4. The van der Waals surface area contributed by atoms with Crippen molar-refractivity contribution in [3.63, 3.8) is 0 Å². The Bertz CT molecular complexity index is 1020. The van der Waals surface area contributed by atoms with Gasteiger partial charge in [-0.2, -0.15) is 5.10 Å². The number of nitrogens with one attached hydrogen (secondary N) is 1. The highest BCUT2D eigenvalue weighted by molar-refractivity contribution is 5.88. The average Bonchev–Trinajstić information content (AvgIpc) is 2.95. The molecule has 27 heavy (non-hydrogen) atoms. The zero-order valence-corrected chi connectivity index (χ0v) is 15.6. The number of rotatable bonds is 3. The molecule has 1 aromatic heterocycles. The van der Waals surface area contributed by atoms with Crippen LogP contribution < -0.4 is 14.8 Å². The minimum absolute atomic E-state index is 0.101. The summed E-state index contributed by atoms with van der Waals surface area (Å²) in [6.07, 6.45) is 0. The van der Waals surface area contributed by atoms with Gasteiger partial charge in [0.15, 0.2) is 0 Å². The fourth-order valence-electron chi connectivity index (χ4n) is 3.30. The molecule has 1 aliphatic heterocycles. The molecular formula is C21H21N3O3. The van der Waals surface area contributed by atoms with E-state index in [1.54, 1.807) is 7.11 Å². The molecule has 0 spiro atoms. The standard InChI is InChI=1S/C21H21N3O3/c1-13-8-18(26-3)6-7-19(13)20-10-17-12-27-21-9-16(22-14(2)25)5-4-15(21)11-24(17)23-20/h4-10H,11-12H2,1-3H3,(H,22,25). The minimum Gasteiger partial charge on any atom is -0.497 e. The maximum Gasteiger partial charge on any atom is 0.221 e. The summed E-state index contributed by atoms with van der Waals surface area (Å²) in [6.45, 7) is 4.60. The van der Waals surface area contributed by atoms with Crippen molar-refractivity contribution >= 4 is 11.6 Å². The molecule has 0 atom stereocenters. The second kappa shape index (κ2) is 6.79. The van der Waals surface area contributed by atoms with Gasteiger partial charge in [-0.15, -0.1) is 0 Å². The molecule has 0 aliphatic carbocycles. The maximum atomic E-state index is 11.3. The van der Waals surface area contributed by atoms with Crippen LogP contribution in [0.15, 0.2) is 42.5 Å². The van der Waals surface area contributed by atoms with Crippen LogP contribution in [0, 0.1) is 6.92 Å². The molecular weight excluding hydrogens is 342 g/mol. The average molecular weight is 363 g/mol. The number of carbonyl (C=O) groups is 1. The van der Waals surface area contributed by atoms with Gasteiger partial charge in [-0.25, -0.2) is 0 Å². The van der Waals surface area contributed by atoms with E-state index in [1.807, 2.05) is 41.1 Å². The molecule has 0 bridgehead atoms. The number of hydrogen-bond acceptors (Lipinski definition) is 4. The lowest BCUT2D eigenvalue weighted by molar-refractivity contribution is -0.114. The molecule has 1 aliphatic rings. The van der Waals surface area contributed by atoms with Crippen LogP contribution in [0.5, 0.6) is 11.5 Å². The van der Waals surface area contributed by atoms with Crippen molar-refractivity contribution in [2.45, 2.75) is 27.0 Å². The molecule has 2 aromatic carbocycles. The molecule has 3 aromatic rings. The highest BCUT2D eigenvalue weighted by atomic mass is 16.5. The summed E-state index contributed by atoms with van der Waals surface area (Å²) in [5.41, 5.74) is 5.89. The number of methoxy groups -OCH3 is 1. The van der Waals surface area contributed by atoms with Gasteiger partial charge in [0.2, 0.25) is 5.91 Å². The number of carbonyl (C=O) groups excluding carboxylic acids is 1. The fourth-order valence-corrected chi connectivity index (χ4v) is 3.30. The molecule has 1 N–H and O–H groups in total. The number of ether oxygens (including phenoxy) is 2. The molecule has 0 saturated carbocycles. The Morgan fingerprint density at radius 3 is 2.81 bits per heavy atom. The fraction of sp³-hybridized carbons (Fsp3) is 0.238. The summed E-state index contributed by atoms with van der Waals surface area (Å²) in [4.78, 5) is 11.3. The molecule has 1 amide bonds. The van der Waals surface area contributed by atoms with Crippen molar-refractivity contribution in [2.24, 2.45) is 0 Å². The van der Waals surface area contributed by atoms with Crippen LogP contribution in [0.3, 0.4) is 0 Å². The van der Waals surface area contributed by atoms with E-state index in [0.29, 0.717) is 13.2 Å². The number of amides is 1. The van der Waals surface area contributed by atoms with Crippen molar-refractivity contribution in [3.05, 3.63) is 59.3 Å². The Kier molecular flexibility index (Phi) is 4.32. The third-order valence-electron chi connectivity index (χ3n) is 4.66. The van der Waals surface area contributed by atoms with Crippen LogP contribution in [0.25, 0.3) is 11.3 Å². The zero-order valence-electron chi connectivity index (χ0n) is 15.6. The van der Waals surface area contributed by atoms with Crippen molar-refractivity contribution in [2.75, 3.05) is 12.4 Å². The van der Waals surface area contributed by atoms with Gasteiger partial charge >= 0.3 is 0 Å². The van der Waals surface area contributed by atoms with Crippen LogP contribution in [-0.4, -0.2) is 22.8 Å². The van der Waals surface area contributed by atoms with Gasteiger partial charge in [-0.05, 0) is 42.8 Å². The predicted molar refractivity (Wildman–Crippen MR) is 103 cm³/mol. The van der Waals surface area contributed by atoms with E-state index in [9.17, 15) is 4.79 Å². The summed E-state index contributed by atoms with van der Waals surface area (Å²) in [6, 6.07) is 13.8. The first-order valence-corrected chi connectivity index (χ1v) is 8.78. The molecule has 6 heteroatoms. The van der Waals surface area contributed by atoms with E-state index in [-0.39, 0.29) is 5.91 Å². The van der Waals surface area contributed by atoms with Gasteiger partial charge < -0.3 is 14.8 Å². The van der Waals surface area contributed by atoms with Gasteiger partial charge in [0.25, 0.3) is 0 Å². The summed E-state index contributed by atoms with van der Waals surface area (Å²) in [5, 5.41) is 7.58. The van der Waals surface area contributed by atoms with Crippen LogP contribution in [0.2, 0.25) is 0 Å². The smallest absolute Gasteiger partial charge is 0.221 e. The first-order chi connectivity index (χ1) is 13.0. The Labute approximate surface area is 157 Å². The monoisotopic (exact) mass is 363 g/mol. The minimum atomic E-state index is -0.101. The first kappa shape index (κ1) is 17.1. The zero-order chi connectivity index (χ0) is 19.0. The molecule has 6 nitrogen and oxygen atoms in total. The van der Waals surface area contributed by atoms with Crippen LogP contribution >= 0.6 is 0 Å². The number of nitrogens with zero attached hydrogens (tertiary/aromatic N) is 2. The van der Waals surface area contributed by atoms with Crippen molar-refractivity contribution < 1.29 is 14.3 Å². The lowest BCUT2D eigenvalue weighted by Gasteiger charge is -2.10. The van der Waals surface area contributed by atoms with E-state index in [2.05, 4.69) is 18.3 Å². The van der Waals surface area contributed by atoms with Gasteiger partial charge in [0.1, 0.15) is 18.1 Å². The van der Waals surface area contributed by atoms with Crippen LogP contribution in [0.1, 0.15) is 23.7 Å². The van der Waals surface area contributed by atoms with E-state index in [4.69, 9.17) is 14.6 Å². The second-order valence-corrected chi connectivity index (χ2v) is 6.65. The van der Waals surface area contributed by atoms with Gasteiger partial charge in [0, 0.05) is 29.8 Å². The number of aryl methyl sites for hydroxylation is 1. The number of hydrogen-bond donors (Lipinski definition) is 1. The van der Waals surface area contributed by atoms with Gasteiger partial charge in [-0.3, -0.25) is 9.48 Å². The number of benzene rings is 2. The highest BCUT2D eigenvalue weighted by Gasteiger charge is 2.18. The van der Waals surface area contributed by atoms with E-state index in [0.717, 1.165) is 45.3 Å². The molecule has 2 heterocycles. The molecule has 4 rings (SSSR count). The number of fused-ring (bicyclic) bond motifs is 2. The summed E-state index contributed by atoms with van der Waals surface area (Å²) in [5.74, 6) is 1.51. The van der Waals surface area contributed by atoms with Crippen LogP contribution in [-0.2, 0) is 17.9 Å². The third kappa shape index (κ3) is 3.38. The Morgan fingerprint density at radius 2 is 2.07 bits per heavy atom. The lowest BCUT2D eigenvalue weighted by Crippen LogP contribution is -2.06. The first-order valence-electron chi connectivity index (χ1n) is 8.78. The van der Waals surface area contributed by atoms with E-state index >= 15 is 0 Å². The van der Waals surface area contributed by atoms with Gasteiger partial charge in [-0.1, -0.05) is 6.07 Å². The Hall–Kier alpha value is -3.28. The summed E-state index contributed by atoms with van der Waals surface area (Å²) >= 11 is 0. The van der Waals surface area contributed by atoms with Crippen LogP contribution in [0.4, 0.5) is 5.69 Å². The van der Waals surface area contributed by atoms with E-state index < -0.39 is 0 Å². The quantitative estimate of drug-likeness (QED) is 0.769. The highest BCUT2D eigenvalue weighted by Crippen LogP contribution is 2.31. The van der Waals surface area contributed by atoms with Crippen molar-refractivity contribution in [1.82, 2.24) is 9.78 Å². The van der Waals surface area contributed by atoms with Crippen molar-refractivity contribution in [1.29, 1.82) is 0 Å². The predicted octanol–water partition coefficient (Wildman–Crippen LogP) is 3.77. The number of anilines is 1. The number of aromatic nitrogens is 2. The Morgan fingerprint density at radius 1 is 1.22 bits per heavy atom.